The molecule has 2 N–H and O–H groups in total. The van der Waals surface area contributed by atoms with Crippen LogP contribution in [0.4, 0.5) is 23.7 Å². The smallest absolute Gasteiger partial charge is 0.368 e. The minimum atomic E-state index is -4.50. The highest BCUT2D eigenvalue weighted by Crippen LogP contribution is 2.39. The maximum absolute atomic E-state index is 14.0. The Morgan fingerprint density at radius 3 is 2.29 bits per heavy atom. The summed E-state index contributed by atoms with van der Waals surface area (Å²) in [5.74, 6) is 0.211. The molecule has 1 aromatic rings. The molecule has 3 amide bonds. The predicted molar refractivity (Wildman–Crippen MR) is 123 cm³/mol. The molecule has 0 radical (unpaired) electrons. The second-order valence-electron chi connectivity index (χ2n) is 10.0. The molecule has 1 aromatic carbocycles. The molecule has 4 rings (SSSR count). The van der Waals surface area contributed by atoms with Crippen LogP contribution in [0.15, 0.2) is 18.2 Å². The van der Waals surface area contributed by atoms with Crippen LogP contribution in [-0.4, -0.2) is 73.1 Å². The van der Waals surface area contributed by atoms with Crippen molar-refractivity contribution in [2.45, 2.75) is 51.4 Å². The van der Waals surface area contributed by atoms with Crippen molar-refractivity contribution in [3.63, 3.8) is 0 Å². The van der Waals surface area contributed by atoms with Crippen molar-refractivity contribution in [2.75, 3.05) is 50.7 Å². The average Bonchev–Trinajstić information content (AvgIpc) is 2.81. The Labute approximate surface area is 198 Å². The number of nitrogens with one attached hydrogen (secondary N) is 2. The number of imide groups is 1. The number of alkyl halides is 3. The van der Waals surface area contributed by atoms with Gasteiger partial charge in [0.2, 0.25) is 5.91 Å². The highest BCUT2D eigenvalue weighted by Gasteiger charge is 2.39. The van der Waals surface area contributed by atoms with Gasteiger partial charge in [-0.15, -0.1) is 0 Å². The summed E-state index contributed by atoms with van der Waals surface area (Å²) < 4.78 is 42.1. The van der Waals surface area contributed by atoms with Crippen LogP contribution in [0.2, 0.25) is 0 Å². The fourth-order valence-electron chi connectivity index (χ4n) is 5.46. The number of benzene rings is 1. The minimum absolute atomic E-state index is 0.0152. The molecule has 188 valence electrons. The van der Waals surface area contributed by atoms with E-state index in [4.69, 9.17) is 0 Å². The third-order valence-electron chi connectivity index (χ3n) is 7.66. The zero-order valence-corrected chi connectivity index (χ0v) is 19.9. The molecule has 0 aromatic heterocycles. The van der Waals surface area contributed by atoms with Gasteiger partial charge in [0.15, 0.2) is 0 Å². The first-order valence-electron chi connectivity index (χ1n) is 12.1. The summed E-state index contributed by atoms with van der Waals surface area (Å²) in [6.07, 6.45) is -2.11. The molecular weight excluding hydrogens is 447 g/mol. The Hall–Kier alpha value is -2.33. The SMILES string of the molecule is CC(C)(C1CCNCC1)N1CCN(c2ccc(CN3CCC(=O)NC3=O)cc2C(F)(F)F)CC1. The van der Waals surface area contributed by atoms with Gasteiger partial charge in [0.25, 0.3) is 0 Å². The standard InChI is InChI=1S/C24H34F3N5O2/c1-23(2,18-5-8-28-9-6-18)32-13-11-30(12-14-32)20-4-3-17(15-19(20)24(25,26)27)16-31-10-7-21(33)29-22(31)34/h3-4,15,18,28H,5-14,16H2,1-2H3,(H,29,33,34). The molecule has 3 heterocycles. The van der Waals surface area contributed by atoms with Crippen LogP contribution in [0.25, 0.3) is 0 Å². The van der Waals surface area contributed by atoms with E-state index in [0.717, 1.165) is 45.1 Å². The highest BCUT2D eigenvalue weighted by molar-refractivity contribution is 5.96. The summed E-state index contributed by atoms with van der Waals surface area (Å²) in [5, 5.41) is 5.61. The number of piperidine rings is 1. The van der Waals surface area contributed by atoms with E-state index >= 15 is 0 Å². The largest absolute Gasteiger partial charge is 0.418 e. The zero-order valence-electron chi connectivity index (χ0n) is 19.9. The molecule has 34 heavy (non-hydrogen) atoms. The summed E-state index contributed by atoms with van der Waals surface area (Å²) in [7, 11) is 0. The Kier molecular flexibility index (Phi) is 7.09. The number of nitrogens with zero attached hydrogens (tertiary/aromatic N) is 3. The van der Waals surface area contributed by atoms with Crippen molar-refractivity contribution < 1.29 is 22.8 Å². The van der Waals surface area contributed by atoms with Gasteiger partial charge in [0.05, 0.1) is 5.56 Å². The van der Waals surface area contributed by atoms with E-state index in [9.17, 15) is 22.8 Å². The van der Waals surface area contributed by atoms with E-state index in [1.54, 1.807) is 6.07 Å². The fourth-order valence-corrected chi connectivity index (χ4v) is 5.46. The van der Waals surface area contributed by atoms with E-state index in [0.29, 0.717) is 24.6 Å². The van der Waals surface area contributed by atoms with E-state index in [-0.39, 0.29) is 36.6 Å². The zero-order chi connectivity index (χ0) is 24.5. The molecule has 0 atom stereocenters. The first-order chi connectivity index (χ1) is 16.1. The molecule has 3 fully saturated rings. The van der Waals surface area contributed by atoms with Crippen molar-refractivity contribution in [2.24, 2.45) is 5.92 Å². The van der Waals surface area contributed by atoms with E-state index < -0.39 is 17.8 Å². The van der Waals surface area contributed by atoms with E-state index in [2.05, 4.69) is 29.4 Å². The molecule has 10 heteroatoms. The monoisotopic (exact) mass is 481 g/mol. The number of carbonyl (C=O) groups excluding carboxylic acids is 2. The maximum Gasteiger partial charge on any atom is 0.418 e. The van der Waals surface area contributed by atoms with Crippen molar-refractivity contribution in [1.82, 2.24) is 20.4 Å². The lowest BCUT2D eigenvalue weighted by molar-refractivity contribution is -0.137. The highest BCUT2D eigenvalue weighted by atomic mass is 19.4. The third kappa shape index (κ3) is 5.33. The first-order valence-corrected chi connectivity index (χ1v) is 12.1. The predicted octanol–water partition coefficient (Wildman–Crippen LogP) is 3.05. The second kappa shape index (κ2) is 9.73. The number of rotatable bonds is 5. The van der Waals surface area contributed by atoms with Crippen molar-refractivity contribution in [3.8, 4) is 0 Å². The van der Waals surface area contributed by atoms with Gasteiger partial charge in [-0.05, 0) is 63.4 Å². The fraction of sp³-hybridized carbons (Fsp3) is 0.667. The number of carbonyl (C=O) groups is 2. The first kappa shape index (κ1) is 24.8. The lowest BCUT2D eigenvalue weighted by Gasteiger charge is -2.49. The molecule has 0 spiro atoms. The molecule has 0 aliphatic carbocycles. The van der Waals surface area contributed by atoms with Gasteiger partial charge < -0.3 is 15.1 Å². The number of amides is 3. The van der Waals surface area contributed by atoms with Crippen LogP contribution in [0, 0.1) is 5.92 Å². The molecule has 3 aliphatic rings. The van der Waals surface area contributed by atoms with Crippen LogP contribution in [-0.2, 0) is 17.5 Å². The summed E-state index contributed by atoms with van der Waals surface area (Å²) in [6, 6.07) is 3.75. The van der Waals surface area contributed by atoms with Gasteiger partial charge >= 0.3 is 12.2 Å². The van der Waals surface area contributed by atoms with Crippen LogP contribution in [0.1, 0.15) is 44.2 Å². The van der Waals surface area contributed by atoms with Crippen LogP contribution < -0.4 is 15.5 Å². The molecule has 0 saturated carbocycles. The molecule has 0 unspecified atom stereocenters. The number of anilines is 1. The Morgan fingerprint density at radius 2 is 1.68 bits per heavy atom. The Morgan fingerprint density at radius 1 is 1.00 bits per heavy atom. The van der Waals surface area contributed by atoms with Crippen molar-refractivity contribution >= 4 is 17.6 Å². The van der Waals surface area contributed by atoms with E-state index in [1.165, 1.54) is 11.0 Å². The molecular formula is C24H34F3N5O2. The number of piperazine rings is 1. The molecule has 0 bridgehead atoms. The average molecular weight is 482 g/mol. The minimum Gasteiger partial charge on any atom is -0.368 e. The van der Waals surface area contributed by atoms with Gasteiger partial charge in [0, 0.05) is 56.9 Å². The maximum atomic E-state index is 14.0. The number of urea groups is 1. The summed E-state index contributed by atoms with van der Waals surface area (Å²) in [6.45, 7) is 9.30. The molecule has 3 saturated heterocycles. The quantitative estimate of drug-likeness (QED) is 0.677. The number of halogens is 3. The Balaban J connectivity index is 1.46. The number of hydrogen-bond acceptors (Lipinski definition) is 5. The van der Waals surface area contributed by atoms with Gasteiger partial charge in [-0.3, -0.25) is 15.0 Å². The van der Waals surface area contributed by atoms with Gasteiger partial charge in [0.1, 0.15) is 0 Å². The topological polar surface area (TPSA) is 67.9 Å². The summed E-state index contributed by atoms with van der Waals surface area (Å²) in [5.41, 5.74) is -0.0777. The van der Waals surface area contributed by atoms with Gasteiger partial charge in [-0.1, -0.05) is 6.07 Å². The van der Waals surface area contributed by atoms with Crippen LogP contribution in [0.5, 0.6) is 0 Å². The summed E-state index contributed by atoms with van der Waals surface area (Å²) >= 11 is 0. The molecule has 3 aliphatic heterocycles. The second-order valence-corrected chi connectivity index (χ2v) is 10.0. The van der Waals surface area contributed by atoms with Gasteiger partial charge in [-0.25, -0.2) is 4.79 Å². The van der Waals surface area contributed by atoms with Crippen molar-refractivity contribution in [1.29, 1.82) is 0 Å². The lowest BCUT2D eigenvalue weighted by atomic mass is 9.79. The molecule has 7 nitrogen and oxygen atoms in total. The van der Waals surface area contributed by atoms with E-state index in [1.807, 2.05) is 4.90 Å². The van der Waals surface area contributed by atoms with Crippen LogP contribution >= 0.6 is 0 Å². The van der Waals surface area contributed by atoms with Crippen LogP contribution in [0.3, 0.4) is 0 Å². The van der Waals surface area contributed by atoms with Crippen molar-refractivity contribution in [3.05, 3.63) is 29.3 Å². The number of hydrogen-bond donors (Lipinski definition) is 2. The van der Waals surface area contributed by atoms with Gasteiger partial charge in [-0.2, -0.15) is 13.2 Å². The summed E-state index contributed by atoms with van der Waals surface area (Å²) in [4.78, 5) is 28.9. The Bertz CT molecular complexity index is 906. The lowest BCUT2D eigenvalue weighted by Crippen LogP contribution is -2.58. The normalized spacial score (nSPS) is 21.7. The third-order valence-corrected chi connectivity index (χ3v) is 7.66.